The monoisotopic (exact) mass is 406 g/mol. The zero-order valence-electron chi connectivity index (χ0n) is 13.1. The van der Waals surface area contributed by atoms with Crippen LogP contribution in [0.15, 0.2) is 18.2 Å². The molecule has 8 heteroatoms. The molecule has 3 rings (SSSR count). The SMILES string of the molecule is [Cl][Co][Cl].c1cc(CN2CCOCC2)nc(CN2CCOCC2)c1. The molecule has 5 nitrogen and oxygen atoms in total. The second kappa shape index (κ2) is 11.6. The number of hydrogen-bond donors (Lipinski definition) is 0. The molecule has 2 aliphatic heterocycles. The fourth-order valence-electron chi connectivity index (χ4n) is 2.68. The first-order chi connectivity index (χ1) is 11.3. The number of ether oxygens (including phenoxy) is 2. The van der Waals surface area contributed by atoms with E-state index < -0.39 is 0 Å². The fraction of sp³-hybridized carbons (Fsp3) is 0.667. The molecule has 2 aliphatic rings. The first kappa shape index (κ1) is 19.4. The van der Waals surface area contributed by atoms with Crippen LogP contribution in [0.1, 0.15) is 11.4 Å². The molecule has 0 atom stereocenters. The van der Waals surface area contributed by atoms with Crippen molar-refractivity contribution in [2.75, 3.05) is 52.6 Å². The van der Waals surface area contributed by atoms with Gasteiger partial charge in [-0.2, -0.15) is 0 Å². The summed E-state index contributed by atoms with van der Waals surface area (Å²) in [4.78, 5) is 9.61. The molecule has 0 radical (unpaired) electrons. The molecular weight excluding hydrogens is 384 g/mol. The summed E-state index contributed by atoms with van der Waals surface area (Å²) in [6.45, 7) is 9.26. The minimum atomic E-state index is 0.382. The predicted octanol–water partition coefficient (Wildman–Crippen LogP) is 2.12. The normalized spacial score (nSPS) is 20.1. The topological polar surface area (TPSA) is 37.8 Å². The van der Waals surface area contributed by atoms with E-state index in [0.717, 1.165) is 77.1 Å². The van der Waals surface area contributed by atoms with Crippen molar-refractivity contribution >= 4 is 20.3 Å². The Morgan fingerprint density at radius 2 is 1.26 bits per heavy atom. The first-order valence-corrected chi connectivity index (χ1v) is 10.6. The summed E-state index contributed by atoms with van der Waals surface area (Å²) in [7, 11) is 9.47. The van der Waals surface area contributed by atoms with Crippen LogP contribution in [0.2, 0.25) is 0 Å². The average molecular weight is 407 g/mol. The van der Waals surface area contributed by atoms with Crippen molar-refractivity contribution in [3.05, 3.63) is 29.6 Å². The van der Waals surface area contributed by atoms with Crippen molar-refractivity contribution < 1.29 is 22.4 Å². The van der Waals surface area contributed by atoms with Crippen LogP contribution in [-0.2, 0) is 35.5 Å². The van der Waals surface area contributed by atoms with Gasteiger partial charge in [-0.3, -0.25) is 14.8 Å². The van der Waals surface area contributed by atoms with Gasteiger partial charge < -0.3 is 9.47 Å². The Bertz CT molecular complexity index is 409. The summed E-state index contributed by atoms with van der Waals surface area (Å²) >= 11 is 0.382. The second-order valence-electron chi connectivity index (χ2n) is 5.44. The minimum Gasteiger partial charge on any atom is -0.379 e. The van der Waals surface area contributed by atoms with Gasteiger partial charge in [0.05, 0.1) is 37.8 Å². The van der Waals surface area contributed by atoms with E-state index in [9.17, 15) is 0 Å². The number of hydrogen-bond acceptors (Lipinski definition) is 5. The summed E-state index contributed by atoms with van der Waals surface area (Å²) in [6.07, 6.45) is 0. The summed E-state index contributed by atoms with van der Waals surface area (Å²) < 4.78 is 10.8. The van der Waals surface area contributed by atoms with Gasteiger partial charge in [0, 0.05) is 39.3 Å². The molecule has 1 aromatic heterocycles. The fourth-order valence-corrected chi connectivity index (χ4v) is 2.68. The maximum absolute atomic E-state index is 5.38. The molecule has 3 heterocycles. The molecule has 0 aromatic carbocycles. The molecule has 0 unspecified atom stereocenters. The van der Waals surface area contributed by atoms with Crippen LogP contribution in [0.4, 0.5) is 0 Å². The van der Waals surface area contributed by atoms with E-state index in [-0.39, 0.29) is 0 Å². The van der Waals surface area contributed by atoms with Crippen LogP contribution in [0, 0.1) is 0 Å². The summed E-state index contributed by atoms with van der Waals surface area (Å²) in [6, 6.07) is 6.37. The van der Waals surface area contributed by atoms with Gasteiger partial charge in [0.15, 0.2) is 0 Å². The Balaban J connectivity index is 0.000000595. The summed E-state index contributed by atoms with van der Waals surface area (Å²) in [5.74, 6) is 0. The molecule has 133 valence electrons. The van der Waals surface area contributed by atoms with Crippen molar-refractivity contribution in [3.8, 4) is 0 Å². The van der Waals surface area contributed by atoms with E-state index in [4.69, 9.17) is 34.8 Å². The smallest absolute Gasteiger partial charge is 0.0594 e. The Kier molecular flexibility index (Phi) is 9.78. The Labute approximate surface area is 152 Å². The van der Waals surface area contributed by atoms with Gasteiger partial charge in [0.2, 0.25) is 0 Å². The first-order valence-electron chi connectivity index (χ1n) is 7.70. The number of halogens is 2. The van der Waals surface area contributed by atoms with Gasteiger partial charge in [0.1, 0.15) is 0 Å². The van der Waals surface area contributed by atoms with Gasteiger partial charge in [-0.05, 0) is 12.1 Å². The summed E-state index contributed by atoms with van der Waals surface area (Å²) in [5, 5.41) is 0. The molecule has 0 aliphatic carbocycles. The molecule has 2 fully saturated rings. The maximum atomic E-state index is 5.38. The van der Waals surface area contributed by atoms with E-state index in [1.54, 1.807) is 0 Å². The van der Waals surface area contributed by atoms with Gasteiger partial charge >= 0.3 is 33.2 Å². The van der Waals surface area contributed by atoms with E-state index in [0.29, 0.717) is 12.9 Å². The minimum absolute atomic E-state index is 0.382. The van der Waals surface area contributed by atoms with Crippen LogP contribution in [0.5, 0.6) is 0 Å². The third kappa shape index (κ3) is 7.66. The van der Waals surface area contributed by atoms with Gasteiger partial charge in [-0.1, -0.05) is 6.07 Å². The Morgan fingerprint density at radius 1 is 0.870 bits per heavy atom. The number of rotatable bonds is 4. The molecule has 0 bridgehead atoms. The Morgan fingerprint density at radius 3 is 1.65 bits per heavy atom. The number of morpholine rings is 2. The van der Waals surface area contributed by atoms with Crippen molar-refractivity contribution in [3.63, 3.8) is 0 Å². The zero-order chi connectivity index (χ0) is 16.3. The Hall–Kier alpha value is 0.0765. The zero-order valence-corrected chi connectivity index (χ0v) is 15.6. The van der Waals surface area contributed by atoms with Gasteiger partial charge in [-0.25, -0.2) is 0 Å². The third-order valence-electron chi connectivity index (χ3n) is 3.84. The van der Waals surface area contributed by atoms with E-state index >= 15 is 0 Å². The van der Waals surface area contributed by atoms with Crippen molar-refractivity contribution in [2.45, 2.75) is 13.1 Å². The van der Waals surface area contributed by atoms with Crippen molar-refractivity contribution in [2.24, 2.45) is 0 Å². The maximum Gasteiger partial charge on any atom is 0.0594 e. The van der Waals surface area contributed by atoms with Crippen LogP contribution < -0.4 is 0 Å². The number of nitrogens with zero attached hydrogens (tertiary/aromatic N) is 3. The number of pyridine rings is 1. The van der Waals surface area contributed by atoms with E-state index in [1.807, 2.05) is 0 Å². The van der Waals surface area contributed by atoms with E-state index in [2.05, 4.69) is 28.0 Å². The van der Waals surface area contributed by atoms with Crippen molar-refractivity contribution in [1.82, 2.24) is 14.8 Å². The quantitative estimate of drug-likeness (QED) is 0.765. The third-order valence-corrected chi connectivity index (χ3v) is 3.84. The standard InChI is InChI=1S/C15H23N3O2.2ClH.Co/c1-2-14(12-17-4-8-19-9-5-17)16-15(3-1)13-18-6-10-20-11-7-18;;;/h1-3H,4-13H2;2*1H;/q;;;+2/p-2. The molecule has 23 heavy (non-hydrogen) atoms. The van der Waals surface area contributed by atoms with Crippen LogP contribution in [0.25, 0.3) is 0 Å². The largest absolute Gasteiger partial charge is 0.379 e. The molecule has 0 saturated carbocycles. The molecule has 0 spiro atoms. The van der Waals surface area contributed by atoms with Crippen LogP contribution >= 0.6 is 20.3 Å². The van der Waals surface area contributed by atoms with Crippen LogP contribution in [0.3, 0.4) is 0 Å². The molecular formula is C15H23Cl2CoN3O2. The van der Waals surface area contributed by atoms with Crippen LogP contribution in [-0.4, -0.2) is 67.4 Å². The average Bonchev–Trinajstić information content (AvgIpc) is 2.58. The predicted molar refractivity (Wildman–Crippen MR) is 88.1 cm³/mol. The summed E-state index contributed by atoms with van der Waals surface area (Å²) in [5.41, 5.74) is 2.33. The van der Waals surface area contributed by atoms with Gasteiger partial charge in [-0.15, -0.1) is 0 Å². The van der Waals surface area contributed by atoms with Crippen molar-refractivity contribution in [1.29, 1.82) is 0 Å². The molecule has 1 aromatic rings. The second-order valence-corrected chi connectivity index (χ2v) is 7.16. The van der Waals surface area contributed by atoms with E-state index in [1.165, 1.54) is 0 Å². The molecule has 2 saturated heterocycles. The molecule has 0 N–H and O–H groups in total. The van der Waals surface area contributed by atoms with Gasteiger partial charge in [0.25, 0.3) is 0 Å². The number of aromatic nitrogens is 1. The molecule has 0 amide bonds.